The van der Waals surface area contributed by atoms with Gasteiger partial charge in [0.25, 0.3) is 0 Å². The molecule has 0 aromatic carbocycles. The average molecular weight is 159 g/mol. The fourth-order valence-corrected chi connectivity index (χ4v) is 2.38. The maximum Gasteiger partial charge on any atom is 0.00711 e. The second-order valence-corrected chi connectivity index (χ2v) is 4.23. The summed E-state index contributed by atoms with van der Waals surface area (Å²) >= 11 is 2.16. The first kappa shape index (κ1) is 8.41. The van der Waals surface area contributed by atoms with Gasteiger partial charge in [0.15, 0.2) is 0 Å². The Balaban J connectivity index is 2.02. The Hall–Kier alpha value is 0.310. The quantitative estimate of drug-likeness (QED) is 0.675. The molecule has 1 nitrogen and oxygen atoms in total. The van der Waals surface area contributed by atoms with Crippen molar-refractivity contribution in [3.8, 4) is 0 Å². The Morgan fingerprint density at radius 3 is 2.70 bits per heavy atom. The van der Waals surface area contributed by atoms with Gasteiger partial charge in [-0.15, -0.1) is 0 Å². The van der Waals surface area contributed by atoms with Gasteiger partial charge in [-0.2, -0.15) is 11.8 Å². The van der Waals surface area contributed by atoms with Crippen molar-refractivity contribution in [2.75, 3.05) is 18.8 Å². The number of rotatable bonds is 3. The Kier molecular flexibility index (Phi) is 4.23. The van der Waals surface area contributed by atoms with Gasteiger partial charge in [0, 0.05) is 5.25 Å². The lowest BCUT2D eigenvalue weighted by Crippen LogP contribution is -2.29. The van der Waals surface area contributed by atoms with E-state index in [2.05, 4.69) is 24.0 Å². The first-order valence-electron chi connectivity index (χ1n) is 4.26. The Morgan fingerprint density at radius 2 is 2.10 bits per heavy atom. The highest BCUT2D eigenvalue weighted by Gasteiger charge is 2.11. The van der Waals surface area contributed by atoms with Crippen molar-refractivity contribution in [1.82, 2.24) is 5.32 Å². The van der Waals surface area contributed by atoms with Gasteiger partial charge < -0.3 is 5.32 Å². The number of hydrogen-bond acceptors (Lipinski definition) is 2. The average Bonchev–Trinajstić information content (AvgIpc) is 2.03. The van der Waals surface area contributed by atoms with E-state index in [1.54, 1.807) is 0 Å². The smallest absolute Gasteiger partial charge is 0.00711 e. The molecule has 0 radical (unpaired) electrons. The van der Waals surface area contributed by atoms with Crippen LogP contribution in [0.25, 0.3) is 0 Å². The largest absolute Gasteiger partial charge is 0.317 e. The summed E-state index contributed by atoms with van der Waals surface area (Å²) in [5, 5.41) is 4.34. The molecule has 1 saturated heterocycles. The molecule has 60 valence electrons. The molecule has 2 heteroatoms. The van der Waals surface area contributed by atoms with Gasteiger partial charge in [-0.1, -0.05) is 6.92 Å². The maximum absolute atomic E-state index is 3.38. The normalized spacial score (nSPS) is 21.3. The maximum atomic E-state index is 3.38. The number of piperidine rings is 1. The molecule has 0 amide bonds. The summed E-state index contributed by atoms with van der Waals surface area (Å²) < 4.78 is 0. The van der Waals surface area contributed by atoms with E-state index in [0.717, 1.165) is 5.25 Å². The van der Waals surface area contributed by atoms with Crippen LogP contribution in [0.1, 0.15) is 26.2 Å². The minimum absolute atomic E-state index is 0.959. The van der Waals surface area contributed by atoms with E-state index < -0.39 is 0 Å². The van der Waals surface area contributed by atoms with Crippen molar-refractivity contribution < 1.29 is 0 Å². The van der Waals surface area contributed by atoms with Crippen LogP contribution >= 0.6 is 11.8 Å². The van der Waals surface area contributed by atoms with Crippen LogP contribution in [-0.2, 0) is 0 Å². The second kappa shape index (κ2) is 5.03. The fourth-order valence-electron chi connectivity index (χ4n) is 1.25. The highest BCUT2D eigenvalue weighted by Crippen LogP contribution is 2.20. The van der Waals surface area contributed by atoms with E-state index in [4.69, 9.17) is 0 Å². The SMILES string of the molecule is CCCSC1CCNCC1. The topological polar surface area (TPSA) is 12.0 Å². The third kappa shape index (κ3) is 2.93. The van der Waals surface area contributed by atoms with Crippen LogP contribution in [0.2, 0.25) is 0 Å². The lowest BCUT2D eigenvalue weighted by atomic mass is 10.2. The molecule has 0 spiro atoms. The van der Waals surface area contributed by atoms with E-state index in [1.807, 2.05) is 0 Å². The van der Waals surface area contributed by atoms with Gasteiger partial charge in [-0.3, -0.25) is 0 Å². The molecule has 1 rings (SSSR count). The van der Waals surface area contributed by atoms with Crippen molar-refractivity contribution in [2.24, 2.45) is 0 Å². The number of thioether (sulfide) groups is 1. The molecule has 0 unspecified atom stereocenters. The molecular weight excluding hydrogens is 142 g/mol. The zero-order chi connectivity index (χ0) is 7.23. The molecule has 0 bridgehead atoms. The Morgan fingerprint density at radius 1 is 1.40 bits per heavy atom. The third-order valence-corrected chi connectivity index (χ3v) is 3.43. The zero-order valence-electron chi connectivity index (χ0n) is 6.73. The van der Waals surface area contributed by atoms with E-state index in [-0.39, 0.29) is 0 Å². The monoisotopic (exact) mass is 159 g/mol. The van der Waals surface area contributed by atoms with Crippen molar-refractivity contribution in [3.05, 3.63) is 0 Å². The first-order valence-corrected chi connectivity index (χ1v) is 5.30. The van der Waals surface area contributed by atoms with Crippen LogP contribution in [-0.4, -0.2) is 24.1 Å². The summed E-state index contributed by atoms with van der Waals surface area (Å²) in [5.74, 6) is 1.35. The molecule has 0 aromatic heterocycles. The van der Waals surface area contributed by atoms with Crippen molar-refractivity contribution in [3.63, 3.8) is 0 Å². The van der Waals surface area contributed by atoms with Gasteiger partial charge >= 0.3 is 0 Å². The van der Waals surface area contributed by atoms with Gasteiger partial charge in [0.1, 0.15) is 0 Å². The van der Waals surface area contributed by atoms with Crippen molar-refractivity contribution in [1.29, 1.82) is 0 Å². The van der Waals surface area contributed by atoms with Gasteiger partial charge in [0.05, 0.1) is 0 Å². The lowest BCUT2D eigenvalue weighted by Gasteiger charge is -2.21. The predicted octanol–water partition coefficient (Wildman–Crippen LogP) is 1.88. The molecule has 0 aromatic rings. The minimum Gasteiger partial charge on any atom is -0.317 e. The summed E-state index contributed by atoms with van der Waals surface area (Å²) in [6.45, 7) is 4.73. The molecule has 10 heavy (non-hydrogen) atoms. The van der Waals surface area contributed by atoms with Crippen molar-refractivity contribution in [2.45, 2.75) is 31.4 Å². The second-order valence-electron chi connectivity index (χ2n) is 2.82. The Labute approximate surface area is 68.0 Å². The highest BCUT2D eigenvalue weighted by molar-refractivity contribution is 7.99. The van der Waals surface area contributed by atoms with Gasteiger partial charge in [0.2, 0.25) is 0 Å². The summed E-state index contributed by atoms with van der Waals surface area (Å²) in [6.07, 6.45) is 4.09. The van der Waals surface area contributed by atoms with Crippen LogP contribution in [0, 0.1) is 0 Å². The van der Waals surface area contributed by atoms with Crippen LogP contribution in [0.5, 0.6) is 0 Å². The van der Waals surface area contributed by atoms with E-state index in [1.165, 1.54) is 38.1 Å². The van der Waals surface area contributed by atoms with Crippen LogP contribution in [0.15, 0.2) is 0 Å². The fraction of sp³-hybridized carbons (Fsp3) is 1.00. The van der Waals surface area contributed by atoms with Crippen molar-refractivity contribution >= 4 is 11.8 Å². The zero-order valence-corrected chi connectivity index (χ0v) is 7.54. The van der Waals surface area contributed by atoms with Crippen LogP contribution < -0.4 is 5.32 Å². The molecule has 1 heterocycles. The summed E-state index contributed by atoms with van der Waals surface area (Å²) in [4.78, 5) is 0. The van der Waals surface area contributed by atoms with E-state index in [9.17, 15) is 0 Å². The molecule has 0 aliphatic carbocycles. The molecule has 1 fully saturated rings. The van der Waals surface area contributed by atoms with E-state index >= 15 is 0 Å². The van der Waals surface area contributed by atoms with Crippen LogP contribution in [0.3, 0.4) is 0 Å². The summed E-state index contributed by atoms with van der Waals surface area (Å²) in [5.41, 5.74) is 0. The summed E-state index contributed by atoms with van der Waals surface area (Å²) in [7, 11) is 0. The molecular formula is C8H17NS. The van der Waals surface area contributed by atoms with Gasteiger partial charge in [-0.25, -0.2) is 0 Å². The van der Waals surface area contributed by atoms with E-state index in [0.29, 0.717) is 0 Å². The predicted molar refractivity (Wildman–Crippen MR) is 48.6 cm³/mol. The standard InChI is InChI=1S/C8H17NS/c1-2-7-10-8-3-5-9-6-4-8/h8-9H,2-7H2,1H3. The molecule has 1 aliphatic rings. The number of hydrogen-bond donors (Lipinski definition) is 1. The number of nitrogens with one attached hydrogen (secondary N) is 1. The third-order valence-electron chi connectivity index (χ3n) is 1.84. The Bertz CT molecular complexity index is 79.3. The first-order chi connectivity index (χ1) is 4.93. The van der Waals surface area contributed by atoms with Crippen LogP contribution in [0.4, 0.5) is 0 Å². The lowest BCUT2D eigenvalue weighted by molar-refractivity contribution is 0.531. The molecule has 0 atom stereocenters. The minimum atomic E-state index is 0.959. The van der Waals surface area contributed by atoms with Gasteiger partial charge in [-0.05, 0) is 38.1 Å². The summed E-state index contributed by atoms with van der Waals surface area (Å²) in [6, 6.07) is 0. The molecule has 1 N–H and O–H groups in total. The highest BCUT2D eigenvalue weighted by atomic mass is 32.2. The molecule has 1 aliphatic heterocycles. The molecule has 0 saturated carbocycles.